The van der Waals surface area contributed by atoms with Gasteiger partial charge in [-0.3, -0.25) is 29.5 Å². The van der Waals surface area contributed by atoms with Crippen LogP contribution in [0.5, 0.6) is 0 Å². The Morgan fingerprint density at radius 1 is 0.732 bits per heavy atom. The van der Waals surface area contributed by atoms with Crippen LogP contribution in [0.1, 0.15) is 142 Å². The van der Waals surface area contributed by atoms with Crippen LogP contribution in [0.2, 0.25) is 0 Å². The molecule has 5 atom stereocenters. The van der Waals surface area contributed by atoms with Gasteiger partial charge in [0.05, 0.1) is 12.2 Å². The van der Waals surface area contributed by atoms with Gasteiger partial charge in [-0.05, 0) is 139 Å². The summed E-state index contributed by atoms with van der Waals surface area (Å²) in [5.74, 6) is 2.25. The van der Waals surface area contributed by atoms with Crippen molar-refractivity contribution >= 4 is 17.7 Å². The van der Waals surface area contributed by atoms with Crippen LogP contribution in [0, 0.1) is 29.6 Å². The van der Waals surface area contributed by atoms with Gasteiger partial charge in [0.2, 0.25) is 17.7 Å². The van der Waals surface area contributed by atoms with E-state index in [4.69, 9.17) is 4.74 Å². The molecular formula is C46H75N5O5. The lowest BCUT2D eigenvalue weighted by atomic mass is 9.68. The Bertz CT molecular complexity index is 1380. The highest BCUT2D eigenvalue weighted by Crippen LogP contribution is 2.46. The Morgan fingerprint density at radius 2 is 1.46 bits per heavy atom. The smallest absolute Gasteiger partial charge is 0.249 e. The van der Waals surface area contributed by atoms with Crippen molar-refractivity contribution in [1.29, 1.82) is 0 Å². The highest BCUT2D eigenvalue weighted by molar-refractivity contribution is 6.02. The molecule has 0 spiro atoms. The summed E-state index contributed by atoms with van der Waals surface area (Å²) in [6, 6.07) is 0.623. The van der Waals surface area contributed by atoms with Gasteiger partial charge in [0.25, 0.3) is 0 Å². The van der Waals surface area contributed by atoms with Gasteiger partial charge in [0.15, 0.2) is 0 Å². The molecule has 4 saturated heterocycles. The number of nitrogens with one attached hydrogen (secondary N) is 1. The van der Waals surface area contributed by atoms with E-state index in [-0.39, 0.29) is 29.7 Å². The highest BCUT2D eigenvalue weighted by Gasteiger charge is 2.49. The van der Waals surface area contributed by atoms with Crippen LogP contribution in [0.15, 0.2) is 11.1 Å². The molecule has 4 saturated carbocycles. The summed E-state index contributed by atoms with van der Waals surface area (Å²) in [5.41, 5.74) is 3.70. The Morgan fingerprint density at radius 3 is 2.21 bits per heavy atom. The molecule has 2 N–H and O–H groups in total. The summed E-state index contributed by atoms with van der Waals surface area (Å²) in [6.07, 6.45) is 24.1. The minimum absolute atomic E-state index is 0.0416. The molecular weight excluding hydrogens is 703 g/mol. The zero-order valence-electron chi connectivity index (χ0n) is 34.9. The molecule has 10 nitrogen and oxygen atoms in total. The van der Waals surface area contributed by atoms with E-state index in [0.29, 0.717) is 49.4 Å². The van der Waals surface area contributed by atoms with E-state index in [9.17, 15) is 19.5 Å². The van der Waals surface area contributed by atoms with Gasteiger partial charge in [0.1, 0.15) is 6.04 Å². The Labute approximate surface area is 337 Å². The Kier molecular flexibility index (Phi) is 13.9. The SMILES string of the molecule is CC/C(=C(\C1CCC(O)CC1)C1CCC(OCCCCN2CCN3CCN(C4CCC5C(=O)N(C6CCC(=O)NC6=O)CC5C4)CC3C2)CC1)C1CCCCC1. The van der Waals surface area contributed by atoms with E-state index in [0.717, 1.165) is 89.7 Å². The van der Waals surface area contributed by atoms with Gasteiger partial charge in [0, 0.05) is 76.8 Å². The maximum absolute atomic E-state index is 13.4. The summed E-state index contributed by atoms with van der Waals surface area (Å²) in [7, 11) is 0. The number of fused-ring (bicyclic) bond motifs is 2. The number of aliphatic hydroxyl groups excluding tert-OH is 1. The molecule has 8 rings (SSSR count). The molecule has 4 heterocycles. The first-order valence-electron chi connectivity index (χ1n) is 23.7. The van der Waals surface area contributed by atoms with Gasteiger partial charge >= 0.3 is 0 Å². The number of piperidine rings is 1. The first kappa shape index (κ1) is 40.9. The first-order chi connectivity index (χ1) is 27.3. The quantitative estimate of drug-likeness (QED) is 0.143. The number of carbonyl (C=O) groups excluding carboxylic acids is 3. The van der Waals surface area contributed by atoms with Gasteiger partial charge < -0.3 is 19.6 Å². The third-order valence-corrected chi connectivity index (χ3v) is 16.2. The molecule has 56 heavy (non-hydrogen) atoms. The molecule has 3 amide bonds. The van der Waals surface area contributed by atoms with Gasteiger partial charge in [-0.25, -0.2) is 0 Å². The van der Waals surface area contributed by atoms with Crippen LogP contribution in [0.25, 0.3) is 0 Å². The van der Waals surface area contributed by atoms with Crippen LogP contribution < -0.4 is 5.32 Å². The lowest BCUT2D eigenvalue weighted by molar-refractivity contribution is -0.144. The molecule has 8 aliphatic rings. The van der Waals surface area contributed by atoms with Crippen molar-refractivity contribution in [1.82, 2.24) is 24.9 Å². The van der Waals surface area contributed by atoms with Crippen molar-refractivity contribution in [3.63, 3.8) is 0 Å². The Hall–Kier alpha value is -1.85. The monoisotopic (exact) mass is 778 g/mol. The molecule has 314 valence electrons. The molecule has 10 heteroatoms. The maximum Gasteiger partial charge on any atom is 0.249 e. The van der Waals surface area contributed by atoms with E-state index in [1.165, 1.54) is 96.6 Å². The zero-order valence-corrected chi connectivity index (χ0v) is 34.9. The lowest BCUT2D eigenvalue weighted by Crippen LogP contribution is -2.63. The number of imide groups is 1. The van der Waals surface area contributed by atoms with Crippen LogP contribution in [0.3, 0.4) is 0 Å². The number of piperazine rings is 2. The van der Waals surface area contributed by atoms with Crippen LogP contribution >= 0.6 is 0 Å². The van der Waals surface area contributed by atoms with Crippen molar-refractivity contribution in [2.45, 2.75) is 172 Å². The van der Waals surface area contributed by atoms with Crippen molar-refractivity contribution in [3.8, 4) is 0 Å². The second-order valence-corrected chi connectivity index (χ2v) is 19.5. The number of allylic oxidation sites excluding steroid dienone is 2. The van der Waals surface area contributed by atoms with Crippen molar-refractivity contribution in [2.75, 3.05) is 59.0 Å². The fraction of sp³-hybridized carbons (Fsp3) is 0.891. The van der Waals surface area contributed by atoms with Crippen molar-refractivity contribution in [3.05, 3.63) is 11.1 Å². The van der Waals surface area contributed by atoms with E-state index in [2.05, 4.69) is 26.9 Å². The van der Waals surface area contributed by atoms with E-state index >= 15 is 0 Å². The third-order valence-electron chi connectivity index (χ3n) is 16.2. The topological polar surface area (TPSA) is 106 Å². The van der Waals surface area contributed by atoms with Gasteiger partial charge in [-0.2, -0.15) is 0 Å². The van der Waals surface area contributed by atoms with E-state index < -0.39 is 6.04 Å². The predicted octanol–water partition coefficient (Wildman–Crippen LogP) is 5.91. The van der Waals surface area contributed by atoms with Crippen molar-refractivity contribution < 1.29 is 24.2 Å². The van der Waals surface area contributed by atoms with Crippen LogP contribution in [0.4, 0.5) is 0 Å². The number of nitrogens with zero attached hydrogens (tertiary/aromatic N) is 4. The molecule has 0 radical (unpaired) electrons. The molecule has 5 unspecified atom stereocenters. The van der Waals surface area contributed by atoms with Crippen LogP contribution in [-0.4, -0.2) is 132 Å². The third kappa shape index (κ3) is 9.45. The second-order valence-electron chi connectivity index (χ2n) is 19.5. The summed E-state index contributed by atoms with van der Waals surface area (Å²) >= 11 is 0. The summed E-state index contributed by atoms with van der Waals surface area (Å²) < 4.78 is 6.58. The minimum atomic E-state index is -0.475. The molecule has 0 aromatic rings. The van der Waals surface area contributed by atoms with E-state index in [1.54, 1.807) is 0 Å². The molecule has 8 fully saturated rings. The highest BCUT2D eigenvalue weighted by atomic mass is 16.5. The molecule has 4 aliphatic heterocycles. The first-order valence-corrected chi connectivity index (χ1v) is 23.7. The van der Waals surface area contributed by atoms with Crippen LogP contribution in [-0.2, 0) is 19.1 Å². The summed E-state index contributed by atoms with van der Waals surface area (Å²) in [6.45, 7) is 12.0. The summed E-state index contributed by atoms with van der Waals surface area (Å²) in [5, 5.41) is 12.8. The average molecular weight is 778 g/mol. The fourth-order valence-corrected chi connectivity index (χ4v) is 13.1. The van der Waals surface area contributed by atoms with Gasteiger partial charge in [-0.1, -0.05) is 37.3 Å². The molecule has 0 bridgehead atoms. The molecule has 4 aliphatic carbocycles. The number of likely N-dealkylation sites (tertiary alicyclic amines) is 1. The number of amides is 3. The number of hydrogen-bond acceptors (Lipinski definition) is 8. The maximum atomic E-state index is 13.4. The molecule has 0 aromatic carbocycles. The number of aliphatic hydroxyl groups is 1. The number of rotatable bonds is 12. The summed E-state index contributed by atoms with van der Waals surface area (Å²) in [4.78, 5) is 47.6. The predicted molar refractivity (Wildman–Crippen MR) is 219 cm³/mol. The lowest BCUT2D eigenvalue weighted by Gasteiger charge is -2.50. The minimum Gasteiger partial charge on any atom is -0.393 e. The number of unbranched alkanes of at least 4 members (excludes halogenated alkanes) is 1. The average Bonchev–Trinajstić information content (AvgIpc) is 3.55. The molecule has 0 aromatic heterocycles. The Balaban J connectivity index is 0.750. The normalized spacial score (nSPS) is 37.6. The zero-order chi connectivity index (χ0) is 38.6. The second kappa shape index (κ2) is 19.0. The van der Waals surface area contributed by atoms with Gasteiger partial charge in [-0.15, -0.1) is 0 Å². The van der Waals surface area contributed by atoms with Crippen molar-refractivity contribution in [2.24, 2.45) is 29.6 Å². The number of hydrogen-bond donors (Lipinski definition) is 2. The number of carbonyl (C=O) groups is 3. The largest absolute Gasteiger partial charge is 0.393 e. The standard InChI is InChI=1S/C46H75N5O5/c1-2-40(32-8-4-3-5-9-32)44(33-10-15-38(52)16-11-33)34-12-17-39(18-13-34)56-27-7-6-22-48-23-24-49-25-26-50(31-37(49)30-48)36-14-19-41-35(28-36)29-51(46(41)55)42-20-21-43(53)47-45(42)54/h32-39,41-42,52H,2-31H2,1H3,(H,47,53,54)/b44-40-. The fourth-order valence-electron chi connectivity index (χ4n) is 13.1. The van der Waals surface area contributed by atoms with E-state index in [1.807, 2.05) is 16.0 Å². The number of ether oxygens (including phenoxy) is 1.